The Morgan fingerprint density at radius 2 is 2.05 bits per heavy atom. The van der Waals surface area contributed by atoms with Gasteiger partial charge in [-0.1, -0.05) is 11.6 Å². The zero-order valence-corrected chi connectivity index (χ0v) is 10.8. The molecule has 1 N–H and O–H groups in total. The second-order valence-corrected chi connectivity index (χ2v) is 4.34. The van der Waals surface area contributed by atoms with Gasteiger partial charge in [0, 0.05) is 17.8 Å². The summed E-state index contributed by atoms with van der Waals surface area (Å²) < 4.78 is 10.4. The Bertz CT molecular complexity index is 692. The molecule has 2 aromatic rings. The predicted molar refractivity (Wildman–Crippen MR) is 71.7 cm³/mol. The van der Waals surface area contributed by atoms with Crippen molar-refractivity contribution in [3.8, 4) is 11.5 Å². The van der Waals surface area contributed by atoms with Crippen LogP contribution in [0.3, 0.4) is 0 Å². The van der Waals surface area contributed by atoms with E-state index in [9.17, 15) is 10.1 Å². The van der Waals surface area contributed by atoms with Gasteiger partial charge in [0.1, 0.15) is 5.15 Å². The molecule has 0 atom stereocenters. The Morgan fingerprint density at radius 3 is 2.85 bits per heavy atom. The Labute approximate surface area is 118 Å². The summed E-state index contributed by atoms with van der Waals surface area (Å²) in [6.07, 6.45) is 0. The van der Waals surface area contributed by atoms with Crippen LogP contribution in [0.15, 0.2) is 30.3 Å². The normalized spacial score (nSPS) is 12.2. The molecule has 1 aromatic carbocycles. The highest BCUT2D eigenvalue weighted by atomic mass is 35.5. The standard InChI is InChI=1S/C12H8ClN3O4/c13-11-4-2-8(16(17)18)12(15-11)14-7-1-3-9-10(5-7)20-6-19-9/h1-5H,6H2,(H,14,15). The van der Waals surface area contributed by atoms with E-state index < -0.39 is 4.92 Å². The average molecular weight is 294 g/mol. The maximum Gasteiger partial charge on any atom is 0.311 e. The number of hydrogen-bond donors (Lipinski definition) is 1. The topological polar surface area (TPSA) is 86.5 Å². The van der Waals surface area contributed by atoms with Crippen LogP contribution in [0.1, 0.15) is 0 Å². The molecule has 2 heterocycles. The molecule has 0 spiro atoms. The SMILES string of the molecule is O=[N+]([O-])c1ccc(Cl)nc1Nc1ccc2c(c1)OCO2. The predicted octanol–water partition coefficient (Wildman–Crippen LogP) is 3.12. The number of nitrogens with zero attached hydrogens (tertiary/aromatic N) is 2. The highest BCUT2D eigenvalue weighted by Gasteiger charge is 2.18. The molecule has 0 saturated carbocycles. The van der Waals surface area contributed by atoms with Crippen LogP contribution >= 0.6 is 11.6 Å². The average Bonchev–Trinajstić information content (AvgIpc) is 2.85. The van der Waals surface area contributed by atoms with Crippen molar-refractivity contribution in [2.75, 3.05) is 12.1 Å². The zero-order valence-electron chi connectivity index (χ0n) is 10.00. The fraction of sp³-hybridized carbons (Fsp3) is 0.0833. The van der Waals surface area contributed by atoms with E-state index in [1.54, 1.807) is 18.2 Å². The fourth-order valence-electron chi connectivity index (χ4n) is 1.78. The van der Waals surface area contributed by atoms with Crippen molar-refractivity contribution in [3.63, 3.8) is 0 Å². The largest absolute Gasteiger partial charge is 0.454 e. The van der Waals surface area contributed by atoms with E-state index in [1.807, 2.05) is 0 Å². The van der Waals surface area contributed by atoms with Crippen LogP contribution in [0.4, 0.5) is 17.2 Å². The van der Waals surface area contributed by atoms with Gasteiger partial charge in [-0.15, -0.1) is 0 Å². The van der Waals surface area contributed by atoms with Gasteiger partial charge in [-0.25, -0.2) is 4.98 Å². The van der Waals surface area contributed by atoms with Crippen molar-refractivity contribution >= 4 is 28.8 Å². The van der Waals surface area contributed by atoms with Crippen molar-refractivity contribution in [2.45, 2.75) is 0 Å². The number of ether oxygens (including phenoxy) is 2. The van der Waals surface area contributed by atoms with Gasteiger partial charge in [0.15, 0.2) is 11.5 Å². The highest BCUT2D eigenvalue weighted by Crippen LogP contribution is 2.36. The molecule has 3 rings (SSSR count). The molecule has 8 heteroatoms. The van der Waals surface area contributed by atoms with E-state index >= 15 is 0 Å². The second kappa shape index (κ2) is 4.86. The summed E-state index contributed by atoms with van der Waals surface area (Å²) in [5, 5.41) is 14.0. The molecule has 1 aromatic heterocycles. The maximum atomic E-state index is 10.9. The molecule has 0 aliphatic carbocycles. The number of pyridine rings is 1. The van der Waals surface area contributed by atoms with Gasteiger partial charge < -0.3 is 14.8 Å². The van der Waals surface area contributed by atoms with E-state index in [-0.39, 0.29) is 23.5 Å². The van der Waals surface area contributed by atoms with Crippen molar-refractivity contribution in [3.05, 3.63) is 45.6 Å². The number of anilines is 2. The molecule has 7 nitrogen and oxygen atoms in total. The minimum atomic E-state index is -0.529. The summed E-state index contributed by atoms with van der Waals surface area (Å²) in [7, 11) is 0. The Balaban J connectivity index is 1.95. The van der Waals surface area contributed by atoms with Gasteiger partial charge in [-0.2, -0.15) is 0 Å². The number of halogens is 1. The van der Waals surface area contributed by atoms with E-state index in [1.165, 1.54) is 12.1 Å². The molecule has 0 fully saturated rings. The van der Waals surface area contributed by atoms with Crippen molar-refractivity contribution in [1.82, 2.24) is 4.98 Å². The van der Waals surface area contributed by atoms with Gasteiger partial charge >= 0.3 is 5.69 Å². The van der Waals surface area contributed by atoms with Crippen molar-refractivity contribution in [1.29, 1.82) is 0 Å². The Kier molecular flexibility index (Phi) is 3.03. The lowest BCUT2D eigenvalue weighted by Crippen LogP contribution is -1.99. The minimum absolute atomic E-state index is 0.0707. The number of nitro groups is 1. The first-order valence-electron chi connectivity index (χ1n) is 5.61. The first kappa shape index (κ1) is 12.5. The fourth-order valence-corrected chi connectivity index (χ4v) is 1.93. The quantitative estimate of drug-likeness (QED) is 0.531. The molecule has 0 radical (unpaired) electrons. The minimum Gasteiger partial charge on any atom is -0.454 e. The summed E-state index contributed by atoms with van der Waals surface area (Å²) in [6, 6.07) is 7.75. The summed E-state index contributed by atoms with van der Waals surface area (Å²) >= 11 is 5.76. The van der Waals surface area contributed by atoms with Gasteiger partial charge in [0.2, 0.25) is 12.6 Å². The van der Waals surface area contributed by atoms with Gasteiger partial charge in [-0.3, -0.25) is 10.1 Å². The molecule has 1 aliphatic heterocycles. The van der Waals surface area contributed by atoms with Crippen LogP contribution in [-0.4, -0.2) is 16.7 Å². The number of nitrogens with one attached hydrogen (secondary N) is 1. The molecule has 0 unspecified atom stereocenters. The maximum absolute atomic E-state index is 10.9. The van der Waals surface area contributed by atoms with Gasteiger partial charge in [0.05, 0.1) is 4.92 Å². The van der Waals surface area contributed by atoms with Crippen LogP contribution in [0.25, 0.3) is 0 Å². The van der Waals surface area contributed by atoms with E-state index in [4.69, 9.17) is 21.1 Å². The molecular weight excluding hydrogens is 286 g/mol. The summed E-state index contributed by atoms with van der Waals surface area (Å²) in [4.78, 5) is 14.3. The van der Waals surface area contributed by atoms with E-state index in [0.29, 0.717) is 17.2 Å². The summed E-state index contributed by atoms with van der Waals surface area (Å²) in [6.45, 7) is 0.161. The molecule has 102 valence electrons. The zero-order chi connectivity index (χ0) is 14.1. The van der Waals surface area contributed by atoms with Crippen molar-refractivity contribution in [2.24, 2.45) is 0 Å². The summed E-state index contributed by atoms with van der Waals surface area (Å²) in [5.74, 6) is 1.27. The Hall–Kier alpha value is -2.54. The number of benzene rings is 1. The third kappa shape index (κ3) is 2.30. The molecule has 0 amide bonds. The van der Waals surface area contributed by atoms with Crippen LogP contribution in [0, 0.1) is 10.1 Å². The van der Waals surface area contributed by atoms with Gasteiger partial charge in [-0.05, 0) is 18.2 Å². The first-order chi connectivity index (χ1) is 9.63. The van der Waals surface area contributed by atoms with Crippen LogP contribution in [0.2, 0.25) is 5.15 Å². The Morgan fingerprint density at radius 1 is 1.25 bits per heavy atom. The molecular formula is C12H8ClN3O4. The molecule has 0 saturated heterocycles. The molecule has 1 aliphatic rings. The third-order valence-electron chi connectivity index (χ3n) is 2.67. The van der Waals surface area contributed by atoms with Crippen LogP contribution < -0.4 is 14.8 Å². The first-order valence-corrected chi connectivity index (χ1v) is 5.99. The number of aromatic nitrogens is 1. The third-order valence-corrected chi connectivity index (χ3v) is 2.88. The number of fused-ring (bicyclic) bond motifs is 1. The van der Waals surface area contributed by atoms with E-state index in [2.05, 4.69) is 10.3 Å². The summed E-state index contributed by atoms with van der Waals surface area (Å²) in [5.41, 5.74) is 0.430. The van der Waals surface area contributed by atoms with Gasteiger partial charge in [0.25, 0.3) is 0 Å². The van der Waals surface area contributed by atoms with E-state index in [0.717, 1.165) is 0 Å². The highest BCUT2D eigenvalue weighted by molar-refractivity contribution is 6.29. The number of hydrogen-bond acceptors (Lipinski definition) is 6. The lowest BCUT2D eigenvalue weighted by Gasteiger charge is -2.07. The lowest BCUT2D eigenvalue weighted by atomic mass is 10.2. The van der Waals surface area contributed by atoms with Crippen LogP contribution in [-0.2, 0) is 0 Å². The van der Waals surface area contributed by atoms with Crippen molar-refractivity contribution < 1.29 is 14.4 Å². The molecule has 20 heavy (non-hydrogen) atoms. The number of rotatable bonds is 3. The monoisotopic (exact) mass is 293 g/mol. The van der Waals surface area contributed by atoms with Crippen LogP contribution in [0.5, 0.6) is 11.5 Å². The lowest BCUT2D eigenvalue weighted by molar-refractivity contribution is -0.384. The second-order valence-electron chi connectivity index (χ2n) is 3.95. The molecule has 0 bridgehead atoms. The smallest absolute Gasteiger partial charge is 0.311 e.